The van der Waals surface area contributed by atoms with Crippen LogP contribution in [-0.2, 0) is 21.2 Å². The van der Waals surface area contributed by atoms with Crippen LogP contribution in [0.3, 0.4) is 0 Å². The Kier molecular flexibility index (Phi) is 5.73. The van der Waals surface area contributed by atoms with E-state index in [9.17, 15) is 13.2 Å². The van der Waals surface area contributed by atoms with Gasteiger partial charge in [-0.3, -0.25) is 4.79 Å². The van der Waals surface area contributed by atoms with Crippen LogP contribution in [0, 0.1) is 5.92 Å². The third-order valence-electron chi connectivity index (χ3n) is 4.37. The maximum absolute atomic E-state index is 12.9. The average Bonchev–Trinajstić information content (AvgIpc) is 3.31. The Labute approximate surface area is 156 Å². The normalized spacial score (nSPS) is 16.7. The van der Waals surface area contributed by atoms with Gasteiger partial charge < -0.3 is 9.84 Å². The van der Waals surface area contributed by atoms with Crippen LogP contribution in [0.2, 0.25) is 0 Å². The lowest BCUT2D eigenvalue weighted by Crippen LogP contribution is -2.42. The lowest BCUT2D eigenvalue weighted by molar-refractivity contribution is -0.126. The van der Waals surface area contributed by atoms with Gasteiger partial charge in [-0.15, -0.1) is 11.3 Å². The molecule has 1 saturated heterocycles. The molecule has 0 spiro atoms. The quantitative estimate of drug-likeness (QED) is 0.797. The fourth-order valence-electron chi connectivity index (χ4n) is 2.89. The molecule has 0 unspecified atom stereocenters. The van der Waals surface area contributed by atoms with Crippen LogP contribution in [0.4, 0.5) is 0 Å². The minimum atomic E-state index is -3.58. The van der Waals surface area contributed by atoms with E-state index < -0.39 is 10.0 Å². The molecule has 0 bridgehead atoms. The van der Waals surface area contributed by atoms with Crippen LogP contribution in [0.15, 0.2) is 20.2 Å². The van der Waals surface area contributed by atoms with E-state index in [2.05, 4.69) is 15.5 Å². The highest BCUT2D eigenvalue weighted by Crippen LogP contribution is 2.31. The van der Waals surface area contributed by atoms with Gasteiger partial charge in [0.05, 0.1) is 0 Å². The first-order valence-electron chi connectivity index (χ1n) is 8.65. The second kappa shape index (κ2) is 7.85. The lowest BCUT2D eigenvalue weighted by Gasteiger charge is -2.30. The van der Waals surface area contributed by atoms with Crippen LogP contribution in [-0.4, -0.2) is 48.4 Å². The zero-order chi connectivity index (χ0) is 18.7. The van der Waals surface area contributed by atoms with Crippen LogP contribution < -0.4 is 5.32 Å². The summed E-state index contributed by atoms with van der Waals surface area (Å²) in [4.78, 5) is 16.1. The number of nitrogens with zero attached hydrogens (tertiary/aromatic N) is 3. The van der Waals surface area contributed by atoms with Crippen molar-refractivity contribution in [1.29, 1.82) is 0 Å². The second-order valence-corrected chi connectivity index (χ2v) is 9.17. The number of aromatic nitrogens is 2. The third kappa shape index (κ3) is 3.81. The van der Waals surface area contributed by atoms with Crippen molar-refractivity contribution in [3.8, 4) is 11.4 Å². The zero-order valence-corrected chi connectivity index (χ0v) is 16.4. The topological polar surface area (TPSA) is 105 Å². The summed E-state index contributed by atoms with van der Waals surface area (Å²) < 4.78 is 32.5. The molecule has 0 aromatic carbocycles. The molecule has 3 rings (SSSR count). The standard InChI is InChI=1S/C16H22N4O4S2/c1-3-13-18-15(19-24-13)12-9-14(25-10-12)26(22,23)20-7-5-11(6-8-20)16(21)17-4-2/h9-11H,3-8H2,1-2H3,(H,17,21). The summed E-state index contributed by atoms with van der Waals surface area (Å²) in [5, 5.41) is 8.40. The van der Waals surface area contributed by atoms with Gasteiger partial charge in [0.1, 0.15) is 4.21 Å². The predicted molar refractivity (Wildman–Crippen MR) is 97.2 cm³/mol. The summed E-state index contributed by atoms with van der Waals surface area (Å²) in [5.74, 6) is 0.802. The predicted octanol–water partition coefficient (Wildman–Crippen LogP) is 1.90. The maximum Gasteiger partial charge on any atom is 0.252 e. The smallest absolute Gasteiger partial charge is 0.252 e. The van der Waals surface area contributed by atoms with E-state index in [1.165, 1.54) is 4.31 Å². The van der Waals surface area contributed by atoms with E-state index in [4.69, 9.17) is 4.52 Å². The van der Waals surface area contributed by atoms with Gasteiger partial charge in [-0.2, -0.15) is 9.29 Å². The maximum atomic E-state index is 12.9. The van der Waals surface area contributed by atoms with E-state index in [1.807, 2.05) is 13.8 Å². The van der Waals surface area contributed by atoms with Gasteiger partial charge in [0, 0.05) is 42.9 Å². The van der Waals surface area contributed by atoms with Crippen LogP contribution in [0.25, 0.3) is 11.4 Å². The first kappa shape index (κ1) is 19.0. The fraction of sp³-hybridized carbons (Fsp3) is 0.562. The molecule has 1 N–H and O–H groups in total. The van der Waals surface area contributed by atoms with Gasteiger partial charge in [-0.25, -0.2) is 8.42 Å². The number of piperidine rings is 1. The number of hydrogen-bond donors (Lipinski definition) is 1. The number of nitrogens with one attached hydrogen (secondary N) is 1. The van der Waals surface area contributed by atoms with Crippen molar-refractivity contribution < 1.29 is 17.7 Å². The molecule has 26 heavy (non-hydrogen) atoms. The van der Waals surface area contributed by atoms with E-state index in [0.717, 1.165) is 11.3 Å². The monoisotopic (exact) mass is 398 g/mol. The van der Waals surface area contributed by atoms with Crippen LogP contribution in [0.5, 0.6) is 0 Å². The summed E-state index contributed by atoms with van der Waals surface area (Å²) in [6, 6.07) is 1.58. The molecule has 142 valence electrons. The Morgan fingerprint density at radius 2 is 2.12 bits per heavy atom. The highest BCUT2D eigenvalue weighted by atomic mass is 32.2. The van der Waals surface area contributed by atoms with Gasteiger partial charge in [-0.05, 0) is 25.8 Å². The van der Waals surface area contributed by atoms with Crippen molar-refractivity contribution in [2.75, 3.05) is 19.6 Å². The highest BCUT2D eigenvalue weighted by Gasteiger charge is 2.33. The Morgan fingerprint density at radius 1 is 1.38 bits per heavy atom. The first-order chi connectivity index (χ1) is 12.5. The summed E-state index contributed by atoms with van der Waals surface area (Å²) in [6.45, 7) is 5.06. The van der Waals surface area contributed by atoms with Crippen LogP contribution in [0.1, 0.15) is 32.6 Å². The van der Waals surface area contributed by atoms with Crippen molar-refractivity contribution in [2.45, 2.75) is 37.3 Å². The Bertz CT molecular complexity index is 866. The van der Waals surface area contributed by atoms with Crippen molar-refractivity contribution in [1.82, 2.24) is 19.8 Å². The van der Waals surface area contributed by atoms with Crippen molar-refractivity contribution in [3.63, 3.8) is 0 Å². The molecule has 1 amide bonds. The van der Waals surface area contributed by atoms with E-state index >= 15 is 0 Å². The zero-order valence-electron chi connectivity index (χ0n) is 14.8. The van der Waals surface area contributed by atoms with E-state index in [-0.39, 0.29) is 16.0 Å². The molecular weight excluding hydrogens is 376 g/mol. The van der Waals surface area contributed by atoms with Crippen molar-refractivity contribution in [2.24, 2.45) is 5.92 Å². The molecule has 2 aromatic heterocycles. The molecule has 1 aliphatic heterocycles. The number of thiophene rings is 1. The molecule has 1 fully saturated rings. The molecule has 10 heteroatoms. The third-order valence-corrected chi connectivity index (χ3v) is 7.69. The Hall–Kier alpha value is -1.78. The summed E-state index contributed by atoms with van der Waals surface area (Å²) in [6.07, 6.45) is 1.70. The van der Waals surface area contributed by atoms with Gasteiger partial charge in [-0.1, -0.05) is 12.1 Å². The second-order valence-electron chi connectivity index (χ2n) is 6.09. The van der Waals surface area contributed by atoms with Gasteiger partial charge >= 0.3 is 0 Å². The summed E-state index contributed by atoms with van der Waals surface area (Å²) >= 11 is 1.15. The molecule has 0 atom stereocenters. The molecule has 8 nitrogen and oxygen atoms in total. The number of hydrogen-bond acceptors (Lipinski definition) is 7. The van der Waals surface area contributed by atoms with Crippen molar-refractivity contribution in [3.05, 3.63) is 17.3 Å². The molecule has 0 radical (unpaired) electrons. The number of carbonyl (C=O) groups excluding carboxylic acids is 1. The van der Waals surface area contributed by atoms with Crippen LogP contribution >= 0.6 is 11.3 Å². The number of aryl methyl sites for hydroxylation is 1. The fourth-order valence-corrected chi connectivity index (χ4v) is 5.67. The molecule has 1 aliphatic rings. The number of sulfonamides is 1. The highest BCUT2D eigenvalue weighted by molar-refractivity contribution is 7.91. The van der Waals surface area contributed by atoms with Gasteiger partial charge in [0.25, 0.3) is 10.0 Å². The van der Waals surface area contributed by atoms with Crippen molar-refractivity contribution >= 4 is 27.3 Å². The average molecular weight is 399 g/mol. The minimum Gasteiger partial charge on any atom is -0.356 e. The number of amides is 1. The molecule has 0 aliphatic carbocycles. The minimum absolute atomic E-state index is 0.00629. The molecule has 2 aromatic rings. The molecule has 0 saturated carbocycles. The SMILES string of the molecule is CCNC(=O)C1CCN(S(=O)(=O)c2cc(-c3noc(CC)n3)cs2)CC1. The first-order valence-corrected chi connectivity index (χ1v) is 11.0. The van der Waals surface area contributed by atoms with E-state index in [1.54, 1.807) is 11.4 Å². The molecule has 3 heterocycles. The molecular formula is C16H22N4O4S2. The Morgan fingerprint density at radius 3 is 2.73 bits per heavy atom. The summed E-state index contributed by atoms with van der Waals surface area (Å²) in [7, 11) is -3.58. The van der Waals surface area contributed by atoms with Gasteiger partial charge in [0.2, 0.25) is 17.6 Å². The van der Waals surface area contributed by atoms with Gasteiger partial charge in [0.15, 0.2) is 0 Å². The lowest BCUT2D eigenvalue weighted by atomic mass is 9.97. The number of rotatable bonds is 6. The van der Waals surface area contributed by atoms with E-state index in [0.29, 0.717) is 56.2 Å². The summed E-state index contributed by atoms with van der Waals surface area (Å²) in [5.41, 5.74) is 0.634. The number of carbonyl (C=O) groups is 1. The Balaban J connectivity index is 1.70. The largest absolute Gasteiger partial charge is 0.356 e.